The molecule has 0 aliphatic rings. The number of hydrogen-bond acceptors (Lipinski definition) is 4. The maximum atomic E-state index is 13.5. The molecule has 35 heavy (non-hydrogen) atoms. The van der Waals surface area contributed by atoms with E-state index in [0.717, 1.165) is 24.8 Å². The van der Waals surface area contributed by atoms with Crippen LogP contribution in [0.4, 0.5) is 0 Å². The van der Waals surface area contributed by atoms with Gasteiger partial charge in [-0.3, -0.25) is 9.59 Å². The smallest absolute Gasteiger partial charge is 0.254 e. The van der Waals surface area contributed by atoms with E-state index in [0.29, 0.717) is 44.0 Å². The lowest BCUT2D eigenvalue weighted by molar-refractivity contribution is -0.133. The van der Waals surface area contributed by atoms with Crippen molar-refractivity contribution < 1.29 is 18.7 Å². The van der Waals surface area contributed by atoms with E-state index in [1.54, 1.807) is 23.2 Å². The Balaban J connectivity index is 1.75. The molecule has 0 unspecified atom stereocenters. The molecule has 186 valence electrons. The zero-order chi connectivity index (χ0) is 24.9. The van der Waals surface area contributed by atoms with Crippen molar-refractivity contribution in [2.75, 3.05) is 26.8 Å². The number of benzene rings is 2. The number of amides is 2. The molecule has 0 fully saturated rings. The average Bonchev–Trinajstić information content (AvgIpc) is 3.40. The van der Waals surface area contributed by atoms with E-state index in [1.165, 1.54) is 5.56 Å². The van der Waals surface area contributed by atoms with Crippen LogP contribution in [-0.4, -0.2) is 48.4 Å². The van der Waals surface area contributed by atoms with Gasteiger partial charge in [-0.05, 0) is 54.7 Å². The van der Waals surface area contributed by atoms with E-state index in [9.17, 15) is 9.59 Å². The first kappa shape index (κ1) is 26.2. The van der Waals surface area contributed by atoms with Gasteiger partial charge in [-0.1, -0.05) is 55.8 Å². The predicted octanol–water partition coefficient (Wildman–Crippen LogP) is 5.33. The van der Waals surface area contributed by atoms with Crippen LogP contribution in [0.3, 0.4) is 0 Å². The summed E-state index contributed by atoms with van der Waals surface area (Å²) in [5.74, 6) is 0.430. The summed E-state index contributed by atoms with van der Waals surface area (Å²) in [6, 6.07) is 21.3. The standard InChI is InChI=1S/C29H36N2O4/c1-3-4-10-24-14-16-26(17-15-24)29(33)30(18-9-19-34-2)23-28(32)31(22-27-13-8-20-35-27)21-25-11-6-5-7-12-25/h5-8,11-17,20H,3-4,9-10,18-19,21-23H2,1-2H3. The van der Waals surface area contributed by atoms with Crippen LogP contribution in [0.25, 0.3) is 0 Å². The van der Waals surface area contributed by atoms with Gasteiger partial charge in [0.05, 0.1) is 12.8 Å². The number of unbranched alkanes of at least 4 members (excludes halogenated alkanes) is 1. The topological polar surface area (TPSA) is 63.0 Å². The fourth-order valence-corrected chi connectivity index (χ4v) is 3.92. The molecular formula is C29H36N2O4. The Morgan fingerprint density at radius 2 is 1.63 bits per heavy atom. The van der Waals surface area contributed by atoms with Crippen molar-refractivity contribution in [2.24, 2.45) is 0 Å². The molecule has 0 saturated heterocycles. The highest BCUT2D eigenvalue weighted by atomic mass is 16.5. The van der Waals surface area contributed by atoms with Gasteiger partial charge in [0.15, 0.2) is 0 Å². The number of carbonyl (C=O) groups is 2. The first-order valence-corrected chi connectivity index (χ1v) is 12.3. The Kier molecular flexibility index (Phi) is 10.6. The van der Waals surface area contributed by atoms with Crippen molar-refractivity contribution in [1.82, 2.24) is 9.80 Å². The molecule has 3 aromatic rings. The normalized spacial score (nSPS) is 10.8. The van der Waals surface area contributed by atoms with E-state index in [1.807, 2.05) is 66.7 Å². The van der Waals surface area contributed by atoms with Gasteiger partial charge in [0.2, 0.25) is 5.91 Å². The zero-order valence-electron chi connectivity index (χ0n) is 20.8. The van der Waals surface area contributed by atoms with Gasteiger partial charge in [-0.2, -0.15) is 0 Å². The number of hydrogen-bond donors (Lipinski definition) is 0. The van der Waals surface area contributed by atoms with Crippen molar-refractivity contribution in [1.29, 1.82) is 0 Å². The van der Waals surface area contributed by atoms with Crippen LogP contribution in [0, 0.1) is 0 Å². The summed E-state index contributed by atoms with van der Waals surface area (Å²) in [5.41, 5.74) is 2.83. The predicted molar refractivity (Wildman–Crippen MR) is 137 cm³/mol. The van der Waals surface area contributed by atoms with Gasteiger partial charge in [0, 0.05) is 32.4 Å². The van der Waals surface area contributed by atoms with Crippen LogP contribution in [0.5, 0.6) is 0 Å². The molecule has 0 radical (unpaired) electrons. The third-order valence-corrected chi connectivity index (χ3v) is 5.91. The summed E-state index contributed by atoms with van der Waals surface area (Å²) in [4.78, 5) is 30.2. The van der Waals surface area contributed by atoms with Crippen molar-refractivity contribution in [2.45, 2.75) is 45.7 Å². The summed E-state index contributed by atoms with van der Waals surface area (Å²) in [5, 5.41) is 0. The molecule has 0 spiro atoms. The van der Waals surface area contributed by atoms with Crippen molar-refractivity contribution in [3.05, 3.63) is 95.4 Å². The summed E-state index contributed by atoms with van der Waals surface area (Å²) in [6.07, 6.45) is 5.51. The molecule has 6 nitrogen and oxygen atoms in total. The first-order chi connectivity index (χ1) is 17.1. The highest BCUT2D eigenvalue weighted by molar-refractivity contribution is 5.96. The maximum Gasteiger partial charge on any atom is 0.254 e. The molecule has 1 heterocycles. The average molecular weight is 477 g/mol. The summed E-state index contributed by atoms with van der Waals surface area (Å²) in [7, 11) is 1.64. The van der Waals surface area contributed by atoms with Crippen LogP contribution in [0.1, 0.15) is 53.4 Å². The number of furan rings is 1. The van der Waals surface area contributed by atoms with Gasteiger partial charge >= 0.3 is 0 Å². The van der Waals surface area contributed by atoms with Crippen LogP contribution in [-0.2, 0) is 29.0 Å². The second kappa shape index (κ2) is 14.1. The molecule has 0 N–H and O–H groups in total. The largest absolute Gasteiger partial charge is 0.467 e. The summed E-state index contributed by atoms with van der Waals surface area (Å²) >= 11 is 0. The van der Waals surface area contributed by atoms with E-state index in [4.69, 9.17) is 9.15 Å². The molecule has 0 aliphatic carbocycles. The minimum atomic E-state index is -0.144. The molecule has 2 amide bonds. The number of nitrogens with zero attached hydrogens (tertiary/aromatic N) is 2. The Bertz CT molecular complexity index is 1020. The lowest BCUT2D eigenvalue weighted by atomic mass is 10.1. The van der Waals surface area contributed by atoms with E-state index >= 15 is 0 Å². The van der Waals surface area contributed by atoms with Crippen LogP contribution in [0.15, 0.2) is 77.4 Å². The Hall–Kier alpha value is -3.38. The fraction of sp³-hybridized carbons (Fsp3) is 0.379. The fourth-order valence-electron chi connectivity index (χ4n) is 3.92. The minimum absolute atomic E-state index is 0.00627. The highest BCUT2D eigenvalue weighted by Gasteiger charge is 2.23. The van der Waals surface area contributed by atoms with E-state index in [2.05, 4.69) is 6.92 Å². The van der Waals surface area contributed by atoms with Crippen LogP contribution in [0.2, 0.25) is 0 Å². The Labute approximate surface area is 208 Å². The second-order valence-corrected chi connectivity index (χ2v) is 8.69. The van der Waals surface area contributed by atoms with Crippen LogP contribution < -0.4 is 0 Å². The van der Waals surface area contributed by atoms with E-state index < -0.39 is 0 Å². The van der Waals surface area contributed by atoms with Gasteiger partial charge in [0.25, 0.3) is 5.91 Å². The monoisotopic (exact) mass is 476 g/mol. The molecule has 0 bridgehead atoms. The third-order valence-electron chi connectivity index (χ3n) is 5.91. The second-order valence-electron chi connectivity index (χ2n) is 8.69. The molecule has 0 saturated carbocycles. The molecule has 0 atom stereocenters. The Morgan fingerprint density at radius 3 is 2.29 bits per heavy atom. The van der Waals surface area contributed by atoms with Crippen LogP contribution >= 0.6 is 0 Å². The first-order valence-electron chi connectivity index (χ1n) is 12.3. The van der Waals surface area contributed by atoms with E-state index in [-0.39, 0.29) is 18.4 Å². The van der Waals surface area contributed by atoms with Gasteiger partial charge in [-0.25, -0.2) is 0 Å². The molecule has 0 aliphatic heterocycles. The van der Waals surface area contributed by atoms with Gasteiger partial charge in [-0.15, -0.1) is 0 Å². The molecule has 3 rings (SSSR count). The molecule has 1 aromatic heterocycles. The third kappa shape index (κ3) is 8.41. The Morgan fingerprint density at radius 1 is 0.857 bits per heavy atom. The number of carbonyl (C=O) groups excluding carboxylic acids is 2. The number of methoxy groups -OCH3 is 1. The van der Waals surface area contributed by atoms with Crippen molar-refractivity contribution >= 4 is 11.8 Å². The summed E-state index contributed by atoms with van der Waals surface area (Å²) < 4.78 is 10.7. The number of rotatable bonds is 14. The van der Waals surface area contributed by atoms with Crippen molar-refractivity contribution in [3.8, 4) is 0 Å². The lowest BCUT2D eigenvalue weighted by Gasteiger charge is -2.27. The van der Waals surface area contributed by atoms with Gasteiger partial charge in [0.1, 0.15) is 12.3 Å². The molecule has 2 aromatic carbocycles. The number of aryl methyl sites for hydroxylation is 1. The SMILES string of the molecule is CCCCc1ccc(C(=O)N(CCCOC)CC(=O)N(Cc2ccccc2)Cc2ccco2)cc1. The number of ether oxygens (including phenoxy) is 1. The molecular weight excluding hydrogens is 440 g/mol. The lowest BCUT2D eigenvalue weighted by Crippen LogP contribution is -2.43. The quantitative estimate of drug-likeness (QED) is 0.295. The minimum Gasteiger partial charge on any atom is -0.467 e. The van der Waals surface area contributed by atoms with Crippen molar-refractivity contribution in [3.63, 3.8) is 0 Å². The summed E-state index contributed by atoms with van der Waals surface area (Å²) in [6.45, 7) is 3.90. The molecule has 6 heteroatoms. The highest BCUT2D eigenvalue weighted by Crippen LogP contribution is 2.14. The zero-order valence-corrected chi connectivity index (χ0v) is 20.8. The maximum absolute atomic E-state index is 13.5. The van der Waals surface area contributed by atoms with Gasteiger partial charge < -0.3 is 19.0 Å².